The SMILES string of the molecule is Cc1cc(C(=O)NC(C)CC(=O)O)c(C)nn1. The third-order valence-electron chi connectivity index (χ3n) is 2.20. The van der Waals surface area contributed by atoms with E-state index in [-0.39, 0.29) is 12.3 Å². The Kier molecular flexibility index (Phi) is 4.14. The monoisotopic (exact) mass is 237 g/mol. The molecule has 2 N–H and O–H groups in total. The molecule has 0 bridgehead atoms. The topological polar surface area (TPSA) is 92.2 Å². The van der Waals surface area contributed by atoms with E-state index in [1.807, 2.05) is 0 Å². The highest BCUT2D eigenvalue weighted by molar-refractivity contribution is 5.95. The van der Waals surface area contributed by atoms with Gasteiger partial charge in [-0.15, -0.1) is 0 Å². The molecule has 17 heavy (non-hydrogen) atoms. The molecule has 0 aromatic carbocycles. The van der Waals surface area contributed by atoms with E-state index in [4.69, 9.17) is 5.11 Å². The number of aryl methyl sites for hydroxylation is 2. The Bertz CT molecular complexity index is 446. The highest BCUT2D eigenvalue weighted by Crippen LogP contribution is 2.06. The number of amides is 1. The number of carboxylic acid groups (broad SMARTS) is 1. The summed E-state index contributed by atoms with van der Waals surface area (Å²) < 4.78 is 0. The van der Waals surface area contributed by atoms with Gasteiger partial charge >= 0.3 is 5.97 Å². The van der Waals surface area contributed by atoms with Gasteiger partial charge in [-0.3, -0.25) is 9.59 Å². The first kappa shape index (κ1) is 13.1. The lowest BCUT2D eigenvalue weighted by Gasteiger charge is -2.12. The van der Waals surface area contributed by atoms with Crippen molar-refractivity contribution in [2.75, 3.05) is 0 Å². The molecule has 1 aromatic heterocycles. The molecule has 1 amide bonds. The Morgan fingerprint density at radius 3 is 2.65 bits per heavy atom. The van der Waals surface area contributed by atoms with Crippen LogP contribution in [0.5, 0.6) is 0 Å². The number of hydrogen-bond acceptors (Lipinski definition) is 4. The summed E-state index contributed by atoms with van der Waals surface area (Å²) in [7, 11) is 0. The van der Waals surface area contributed by atoms with Gasteiger partial charge in [0.2, 0.25) is 0 Å². The fourth-order valence-corrected chi connectivity index (χ4v) is 1.39. The van der Waals surface area contributed by atoms with Crippen LogP contribution in [0.3, 0.4) is 0 Å². The van der Waals surface area contributed by atoms with Crippen molar-refractivity contribution in [2.24, 2.45) is 0 Å². The first-order chi connectivity index (χ1) is 7.90. The van der Waals surface area contributed by atoms with Crippen molar-refractivity contribution in [2.45, 2.75) is 33.2 Å². The van der Waals surface area contributed by atoms with Gasteiger partial charge < -0.3 is 10.4 Å². The molecule has 92 valence electrons. The molecule has 6 heteroatoms. The molecule has 0 spiro atoms. The van der Waals surface area contributed by atoms with Crippen molar-refractivity contribution in [3.63, 3.8) is 0 Å². The van der Waals surface area contributed by atoms with Gasteiger partial charge in [-0.05, 0) is 26.8 Å². The zero-order valence-corrected chi connectivity index (χ0v) is 10.0. The zero-order chi connectivity index (χ0) is 13.0. The smallest absolute Gasteiger partial charge is 0.305 e. The standard InChI is InChI=1S/C11H15N3O3/c1-6(5-10(15)16)12-11(17)9-4-7(2)13-14-8(9)3/h4,6H,5H2,1-3H3,(H,12,17)(H,15,16). The van der Waals surface area contributed by atoms with Gasteiger partial charge in [-0.1, -0.05) is 0 Å². The molecule has 1 heterocycles. The lowest BCUT2D eigenvalue weighted by molar-refractivity contribution is -0.137. The van der Waals surface area contributed by atoms with Gasteiger partial charge in [-0.2, -0.15) is 10.2 Å². The maximum Gasteiger partial charge on any atom is 0.305 e. The Balaban J connectivity index is 2.76. The Labute approximate surface area is 99.1 Å². The summed E-state index contributed by atoms with van der Waals surface area (Å²) in [5.74, 6) is -1.27. The predicted molar refractivity (Wildman–Crippen MR) is 60.7 cm³/mol. The number of aromatic nitrogens is 2. The van der Waals surface area contributed by atoms with Gasteiger partial charge in [0.15, 0.2) is 0 Å². The third kappa shape index (κ3) is 3.82. The van der Waals surface area contributed by atoms with Gasteiger partial charge in [0, 0.05) is 6.04 Å². The molecule has 0 saturated heterocycles. The largest absolute Gasteiger partial charge is 0.481 e. The molecule has 1 atom stereocenters. The quantitative estimate of drug-likeness (QED) is 0.803. The summed E-state index contributed by atoms with van der Waals surface area (Å²) in [6, 6.07) is 1.21. The second-order valence-corrected chi connectivity index (χ2v) is 3.96. The molecule has 1 unspecified atom stereocenters. The average Bonchev–Trinajstić information content (AvgIpc) is 2.20. The molecular weight excluding hydrogens is 222 g/mol. The highest BCUT2D eigenvalue weighted by Gasteiger charge is 2.15. The Morgan fingerprint density at radius 2 is 2.06 bits per heavy atom. The summed E-state index contributed by atoms with van der Waals surface area (Å²) in [4.78, 5) is 22.3. The summed E-state index contributed by atoms with van der Waals surface area (Å²) in [5.41, 5.74) is 1.59. The number of aliphatic carboxylic acids is 1. The van der Waals surface area contributed by atoms with Gasteiger partial charge in [0.1, 0.15) is 0 Å². The zero-order valence-electron chi connectivity index (χ0n) is 10.0. The van der Waals surface area contributed by atoms with Crippen molar-refractivity contribution < 1.29 is 14.7 Å². The van der Waals surface area contributed by atoms with E-state index in [1.165, 1.54) is 0 Å². The number of nitrogens with one attached hydrogen (secondary N) is 1. The second-order valence-electron chi connectivity index (χ2n) is 3.96. The molecule has 0 radical (unpaired) electrons. The number of rotatable bonds is 4. The molecule has 0 aliphatic heterocycles. The second kappa shape index (κ2) is 5.38. The van der Waals surface area contributed by atoms with E-state index < -0.39 is 12.0 Å². The summed E-state index contributed by atoms with van der Waals surface area (Å²) in [6.45, 7) is 5.07. The highest BCUT2D eigenvalue weighted by atomic mass is 16.4. The first-order valence-corrected chi connectivity index (χ1v) is 5.23. The molecule has 0 saturated carbocycles. The van der Waals surface area contributed by atoms with Crippen molar-refractivity contribution >= 4 is 11.9 Å². The van der Waals surface area contributed by atoms with E-state index >= 15 is 0 Å². The molecule has 0 aliphatic carbocycles. The Morgan fingerprint density at radius 1 is 1.41 bits per heavy atom. The van der Waals surface area contributed by atoms with Crippen LogP contribution >= 0.6 is 0 Å². The number of hydrogen-bond donors (Lipinski definition) is 2. The number of carbonyl (C=O) groups excluding carboxylic acids is 1. The first-order valence-electron chi connectivity index (χ1n) is 5.23. The minimum absolute atomic E-state index is 0.109. The minimum atomic E-state index is -0.946. The molecule has 0 aliphatic rings. The van der Waals surface area contributed by atoms with Crippen LogP contribution in [0.2, 0.25) is 0 Å². The van der Waals surface area contributed by atoms with Gasteiger partial charge in [0.25, 0.3) is 5.91 Å². The van der Waals surface area contributed by atoms with E-state index in [0.29, 0.717) is 17.0 Å². The summed E-state index contributed by atoms with van der Waals surface area (Å²) >= 11 is 0. The van der Waals surface area contributed by atoms with Crippen LogP contribution in [-0.4, -0.2) is 33.2 Å². The fraction of sp³-hybridized carbons (Fsp3) is 0.455. The summed E-state index contributed by atoms with van der Waals surface area (Å²) in [6.07, 6.45) is -0.109. The summed E-state index contributed by atoms with van der Waals surface area (Å²) in [5, 5.41) is 18.9. The van der Waals surface area contributed by atoms with Gasteiger partial charge in [-0.25, -0.2) is 0 Å². The van der Waals surface area contributed by atoms with Crippen molar-refractivity contribution in [3.05, 3.63) is 23.0 Å². The van der Waals surface area contributed by atoms with E-state index in [0.717, 1.165) is 0 Å². The minimum Gasteiger partial charge on any atom is -0.481 e. The molecule has 6 nitrogen and oxygen atoms in total. The molecular formula is C11H15N3O3. The van der Waals surface area contributed by atoms with Crippen LogP contribution in [0.4, 0.5) is 0 Å². The van der Waals surface area contributed by atoms with Crippen LogP contribution in [-0.2, 0) is 4.79 Å². The van der Waals surface area contributed by atoms with E-state index in [1.54, 1.807) is 26.8 Å². The van der Waals surface area contributed by atoms with Crippen LogP contribution in [0.1, 0.15) is 35.1 Å². The van der Waals surface area contributed by atoms with E-state index in [2.05, 4.69) is 15.5 Å². The normalized spacial score (nSPS) is 11.9. The fourth-order valence-electron chi connectivity index (χ4n) is 1.39. The van der Waals surface area contributed by atoms with Crippen molar-refractivity contribution in [3.8, 4) is 0 Å². The lowest BCUT2D eigenvalue weighted by atomic mass is 10.1. The van der Waals surface area contributed by atoms with Crippen molar-refractivity contribution in [1.82, 2.24) is 15.5 Å². The number of nitrogens with zero attached hydrogens (tertiary/aromatic N) is 2. The van der Waals surface area contributed by atoms with E-state index in [9.17, 15) is 9.59 Å². The van der Waals surface area contributed by atoms with Crippen LogP contribution < -0.4 is 5.32 Å². The maximum absolute atomic E-state index is 11.8. The van der Waals surface area contributed by atoms with Crippen LogP contribution in [0.25, 0.3) is 0 Å². The third-order valence-corrected chi connectivity index (χ3v) is 2.20. The molecule has 1 aromatic rings. The van der Waals surface area contributed by atoms with Gasteiger partial charge in [0.05, 0.1) is 23.4 Å². The van der Waals surface area contributed by atoms with Crippen molar-refractivity contribution in [1.29, 1.82) is 0 Å². The van der Waals surface area contributed by atoms with Crippen LogP contribution in [0.15, 0.2) is 6.07 Å². The maximum atomic E-state index is 11.8. The average molecular weight is 237 g/mol. The predicted octanol–water partition coefficient (Wildman–Crippen LogP) is 0.686. The van der Waals surface area contributed by atoms with Crippen LogP contribution in [0, 0.1) is 13.8 Å². The molecule has 1 rings (SSSR count). The number of carbonyl (C=O) groups is 2. The number of carboxylic acids is 1. The molecule has 0 fully saturated rings. The lowest BCUT2D eigenvalue weighted by Crippen LogP contribution is -2.34. The Hall–Kier alpha value is -1.98.